The van der Waals surface area contributed by atoms with Crippen LogP contribution in [0.25, 0.3) is 0 Å². The van der Waals surface area contributed by atoms with Crippen molar-refractivity contribution in [3.8, 4) is 11.5 Å². The van der Waals surface area contributed by atoms with Gasteiger partial charge in [-0.3, -0.25) is 19.2 Å². The van der Waals surface area contributed by atoms with Gasteiger partial charge in [0.1, 0.15) is 25.0 Å². The number of fused-ring (bicyclic) bond motifs is 2. The number of rotatable bonds is 20. The smallest absolute Gasteiger partial charge is 0.327 e. The monoisotopic (exact) mass is 1220 g/mol. The molecule has 0 aromatic heterocycles. The summed E-state index contributed by atoms with van der Waals surface area (Å²) in [5.74, 6) is -0.0928. The predicted molar refractivity (Wildman–Crippen MR) is 329 cm³/mol. The van der Waals surface area contributed by atoms with E-state index in [4.69, 9.17) is 57.6 Å². The molecular weight excluding hydrogens is 1160 g/mol. The largest absolute Gasteiger partial charge is 0.497 e. The van der Waals surface area contributed by atoms with E-state index >= 15 is 0 Å². The number of methoxy groups -OCH3 is 2. The third kappa shape index (κ3) is 15.8. The number of hydrogen-bond acceptors (Lipinski definition) is 10. The minimum absolute atomic E-state index is 0. The van der Waals surface area contributed by atoms with E-state index in [9.17, 15) is 28.8 Å². The Labute approximate surface area is 492 Å². The van der Waals surface area contributed by atoms with Crippen LogP contribution < -0.4 is 20.1 Å². The van der Waals surface area contributed by atoms with Crippen LogP contribution in [0.3, 0.4) is 0 Å². The summed E-state index contributed by atoms with van der Waals surface area (Å²) in [6, 6.07) is 25.9. The van der Waals surface area contributed by atoms with Crippen molar-refractivity contribution < 1.29 is 47.7 Å². The molecule has 1 unspecified atom stereocenters. The lowest BCUT2D eigenvalue weighted by molar-refractivity contribution is -0.136. The van der Waals surface area contributed by atoms with E-state index in [1.165, 1.54) is 0 Å². The average Bonchev–Trinajstić information content (AvgIpc) is 4.06. The van der Waals surface area contributed by atoms with Crippen molar-refractivity contribution in [2.24, 2.45) is 0 Å². The van der Waals surface area contributed by atoms with Crippen molar-refractivity contribution in [1.29, 1.82) is 0 Å². The SMILES string of the molecule is C.COc1ccc2c(c1)C(=O)N(CC1(c3ccc(Br)cc3)NC(=O)N(COCC[Si](C)(C)C)C1=O)C2.COc1ccc2c(c1)C(=O)N(C[C@@]1(c3ccc(Br)cc3)NC(=O)N(COCC[Si](C)(C)C)C1=O)C2.[B]B([B])B([B])B([B])[B]. The summed E-state index contributed by atoms with van der Waals surface area (Å²) in [6.45, 7) is 14.8. The minimum atomic E-state index is -1.41. The lowest BCUT2D eigenvalue weighted by atomic mass is 8.68. The maximum atomic E-state index is 13.8. The van der Waals surface area contributed by atoms with Crippen molar-refractivity contribution in [2.75, 3.05) is 54.0 Å². The highest BCUT2D eigenvalue weighted by molar-refractivity contribution is 9.10. The molecule has 8 amide bonds. The van der Waals surface area contributed by atoms with Crippen LogP contribution in [0.5, 0.6) is 11.5 Å². The number of nitrogens with one attached hydrogen (secondary N) is 2. The van der Waals surface area contributed by atoms with E-state index in [-0.39, 0.29) is 45.8 Å². The van der Waals surface area contributed by atoms with Gasteiger partial charge in [0, 0.05) is 120 Å². The summed E-state index contributed by atoms with van der Waals surface area (Å²) in [4.78, 5) is 85.4. The number of amides is 8. The van der Waals surface area contributed by atoms with Crippen molar-refractivity contribution in [2.45, 2.75) is 83.0 Å². The van der Waals surface area contributed by atoms with Crippen LogP contribution >= 0.6 is 31.9 Å². The number of hydrogen-bond donors (Lipinski definition) is 2. The van der Waals surface area contributed by atoms with E-state index in [1.54, 1.807) is 60.4 Å². The number of halogens is 2. The van der Waals surface area contributed by atoms with Gasteiger partial charge >= 0.3 is 12.1 Å². The quantitative estimate of drug-likeness (QED) is 0.0613. The zero-order valence-electron chi connectivity index (χ0n) is 45.4. The Bertz CT molecular complexity index is 2670. The first kappa shape index (κ1) is 64.9. The van der Waals surface area contributed by atoms with Gasteiger partial charge in [-0.2, -0.15) is 0 Å². The molecule has 0 spiro atoms. The highest BCUT2D eigenvalue weighted by Gasteiger charge is 2.56. The summed E-state index contributed by atoms with van der Waals surface area (Å²) in [5.41, 5.74) is 1.16. The summed E-state index contributed by atoms with van der Waals surface area (Å²) in [5, 5.41) is 5.78. The number of imide groups is 2. The molecule has 2 atom stereocenters. The first-order valence-electron chi connectivity index (χ1n) is 25.3. The van der Waals surface area contributed by atoms with Gasteiger partial charge in [0.25, 0.3) is 23.6 Å². The fraction of sp³-hybridized carbons (Fsp3) is 0.412. The lowest BCUT2D eigenvalue weighted by Gasteiger charge is -2.32. The molecule has 79 heavy (non-hydrogen) atoms. The topological polar surface area (TPSA) is 176 Å². The van der Waals surface area contributed by atoms with Crippen molar-refractivity contribution in [3.63, 3.8) is 0 Å². The minimum Gasteiger partial charge on any atom is -0.497 e. The Morgan fingerprint density at radius 3 is 1.19 bits per heavy atom. The molecule has 4 aliphatic heterocycles. The van der Waals surface area contributed by atoms with Crippen LogP contribution in [-0.2, 0) is 43.2 Å². The Balaban J connectivity index is 0.000000253. The standard InChI is InChI=1S/2C25H30BrN3O5Si.CH4.B8/c2*1-33-20-10-5-17-14-28(22(30)21(17)13-20)15-25(18-6-8-19(26)9-7-18)23(31)29(24(32)27-25)16-34-11-12-35(2,3)4;;1-6(2)8(5)7(3)4/h2*5-10,13H,11-12,14-16H2,1-4H3,(H,27,32);1H4;/t25-;;;/m0.../s1. The molecule has 0 aliphatic carbocycles. The fourth-order valence-corrected chi connectivity index (χ4v) is 10.9. The zero-order chi connectivity index (χ0) is 57.5. The molecule has 0 saturated carbocycles. The van der Waals surface area contributed by atoms with Crippen molar-refractivity contribution >= 4 is 142 Å². The summed E-state index contributed by atoms with van der Waals surface area (Å²) < 4.78 is 23.7. The maximum Gasteiger partial charge on any atom is 0.327 e. The second kappa shape index (κ2) is 27.3. The molecule has 2 saturated heterocycles. The molecule has 2 fully saturated rings. The van der Waals surface area contributed by atoms with E-state index in [0.29, 0.717) is 60.1 Å². The summed E-state index contributed by atoms with van der Waals surface area (Å²) in [7, 11) is 26.3. The van der Waals surface area contributed by atoms with E-state index in [1.807, 2.05) is 48.5 Å². The van der Waals surface area contributed by atoms with Gasteiger partial charge in [0.15, 0.2) is 11.1 Å². The Hall–Kier alpha value is -4.87. The summed E-state index contributed by atoms with van der Waals surface area (Å²) >= 11 is 6.85. The molecule has 4 aliphatic rings. The van der Waals surface area contributed by atoms with Gasteiger partial charge in [-0.25, -0.2) is 19.4 Å². The molecule has 16 nitrogen and oxygen atoms in total. The highest BCUT2D eigenvalue weighted by Crippen LogP contribution is 2.37. The molecule has 28 heteroatoms. The Morgan fingerprint density at radius 1 is 0.557 bits per heavy atom. The number of carbonyl (C=O) groups excluding carboxylic acids is 6. The molecule has 2 N–H and O–H groups in total. The predicted octanol–water partition coefficient (Wildman–Crippen LogP) is 5.94. The number of ether oxygens (including phenoxy) is 4. The van der Waals surface area contributed by atoms with Crippen LogP contribution in [0.2, 0.25) is 51.4 Å². The van der Waals surface area contributed by atoms with Crippen LogP contribution in [-0.4, -0.2) is 183 Å². The average molecular weight is 1220 g/mol. The van der Waals surface area contributed by atoms with Gasteiger partial charge < -0.3 is 39.4 Å². The normalized spacial score (nSPS) is 18.4. The highest BCUT2D eigenvalue weighted by atomic mass is 79.9. The lowest BCUT2D eigenvalue weighted by Crippen LogP contribution is -2.53. The van der Waals surface area contributed by atoms with Crippen molar-refractivity contribution in [3.05, 3.63) is 127 Å². The molecular formula is C51H64B8Br2N6O10Si2. The number of carbonyl (C=O) groups is 6. The molecule has 4 aromatic carbocycles. The first-order valence-corrected chi connectivity index (χ1v) is 34.3. The van der Waals surface area contributed by atoms with Gasteiger partial charge in [-0.05, 0) is 82.9 Å². The molecule has 4 heterocycles. The van der Waals surface area contributed by atoms with Gasteiger partial charge in [0.05, 0.1) is 27.3 Å². The van der Waals surface area contributed by atoms with Gasteiger partial charge in [-0.15, -0.1) is 0 Å². The zero-order valence-corrected chi connectivity index (χ0v) is 50.6. The second-order valence-corrected chi connectivity index (χ2v) is 35.0. The molecule has 8 rings (SSSR count). The van der Waals surface area contributed by atoms with Gasteiger partial charge in [-0.1, -0.05) is 115 Å². The van der Waals surface area contributed by atoms with E-state index < -0.39 is 70.3 Å². The Morgan fingerprint density at radius 2 is 0.899 bits per heavy atom. The third-order valence-electron chi connectivity index (χ3n) is 13.6. The van der Waals surface area contributed by atoms with Crippen molar-refractivity contribution in [1.82, 2.24) is 30.2 Å². The molecule has 10 radical (unpaired) electrons. The number of urea groups is 2. The van der Waals surface area contributed by atoms with Crippen LogP contribution in [0.4, 0.5) is 9.59 Å². The first-order chi connectivity index (χ1) is 36.6. The number of benzene rings is 4. The molecule has 4 aromatic rings. The van der Waals surface area contributed by atoms with E-state index in [0.717, 1.165) is 42.0 Å². The van der Waals surface area contributed by atoms with Crippen LogP contribution in [0.1, 0.15) is 50.4 Å². The molecule has 0 bridgehead atoms. The van der Waals surface area contributed by atoms with Crippen LogP contribution in [0, 0.1) is 0 Å². The third-order valence-corrected chi connectivity index (χ3v) is 18.1. The van der Waals surface area contributed by atoms with Crippen LogP contribution in [0.15, 0.2) is 93.9 Å². The fourth-order valence-electron chi connectivity index (χ4n) is 8.83. The maximum absolute atomic E-state index is 13.8. The summed E-state index contributed by atoms with van der Waals surface area (Å²) in [6.07, 6.45) is -1.78. The second-order valence-electron chi connectivity index (χ2n) is 21.9. The van der Waals surface area contributed by atoms with Gasteiger partial charge in [0.2, 0.25) is 0 Å². The van der Waals surface area contributed by atoms with E-state index in [2.05, 4.69) is 81.8 Å². The number of nitrogens with zero attached hydrogens (tertiary/aromatic N) is 4. The Kier molecular flexibility index (Phi) is 22.4. The molecule has 404 valence electrons.